The van der Waals surface area contributed by atoms with Crippen LogP contribution in [0.4, 0.5) is 0 Å². The molecule has 0 saturated heterocycles. The Hall–Kier alpha value is -5.16. The summed E-state index contributed by atoms with van der Waals surface area (Å²) in [6.07, 6.45) is 7.95. The summed E-state index contributed by atoms with van der Waals surface area (Å²) < 4.78 is 10.7. The zero-order valence-corrected chi connectivity index (χ0v) is 27.5. The van der Waals surface area contributed by atoms with Gasteiger partial charge in [0.25, 0.3) is 0 Å². The van der Waals surface area contributed by atoms with Gasteiger partial charge in [0.15, 0.2) is 0 Å². The van der Waals surface area contributed by atoms with Gasteiger partial charge in [-0.25, -0.2) is 9.67 Å². The average Bonchev–Trinajstić information content (AvgIpc) is 3.67. The molecular weight excluding hydrogens is 564 g/mol. The van der Waals surface area contributed by atoms with Crippen LogP contribution in [-0.4, -0.2) is 19.3 Å². The number of nitrogens with zero attached hydrogens (tertiary/aromatic N) is 4. The van der Waals surface area contributed by atoms with E-state index in [0.29, 0.717) is 0 Å². The Morgan fingerprint density at radius 3 is 2.22 bits per heavy atom. The van der Waals surface area contributed by atoms with Crippen LogP contribution in [0.1, 0.15) is 56.9 Å². The predicted octanol–water partition coefficient (Wildman–Crippen LogP) is 10.6. The monoisotopic (exact) mass is 604 g/mol. The Morgan fingerprint density at radius 1 is 0.739 bits per heavy atom. The van der Waals surface area contributed by atoms with Crippen LogP contribution in [0.15, 0.2) is 110 Å². The van der Waals surface area contributed by atoms with Crippen LogP contribution >= 0.6 is 0 Å². The molecule has 7 aromatic rings. The summed E-state index contributed by atoms with van der Waals surface area (Å²) >= 11 is 0. The van der Waals surface area contributed by atoms with E-state index in [1.807, 2.05) is 47.4 Å². The molecule has 230 valence electrons. The van der Waals surface area contributed by atoms with Gasteiger partial charge in [-0.05, 0) is 95.5 Å². The summed E-state index contributed by atoms with van der Waals surface area (Å²) in [6, 6.07) is 31.8. The molecule has 5 nitrogen and oxygen atoms in total. The molecule has 0 fully saturated rings. The number of benzene rings is 4. The fourth-order valence-corrected chi connectivity index (χ4v) is 6.45. The van der Waals surface area contributed by atoms with Gasteiger partial charge in [-0.2, -0.15) is 5.10 Å². The maximum Gasteiger partial charge on any atom is 0.137 e. The Bertz CT molecular complexity index is 2190. The number of pyridine rings is 1. The van der Waals surface area contributed by atoms with Crippen molar-refractivity contribution in [3.05, 3.63) is 132 Å². The van der Waals surface area contributed by atoms with Gasteiger partial charge in [-0.1, -0.05) is 71.0 Å². The van der Waals surface area contributed by atoms with Crippen molar-refractivity contribution in [1.29, 1.82) is 0 Å². The molecule has 0 saturated carbocycles. The highest BCUT2D eigenvalue weighted by Gasteiger charge is 2.20. The van der Waals surface area contributed by atoms with Crippen LogP contribution in [0.25, 0.3) is 44.4 Å². The third-order valence-electron chi connectivity index (χ3n) is 8.89. The highest BCUT2D eigenvalue weighted by molar-refractivity contribution is 6.09. The summed E-state index contributed by atoms with van der Waals surface area (Å²) in [5, 5.41) is 7.15. The Kier molecular flexibility index (Phi) is 7.48. The smallest absolute Gasteiger partial charge is 0.137 e. The predicted molar refractivity (Wildman–Crippen MR) is 190 cm³/mol. The first-order chi connectivity index (χ1) is 22.2. The van der Waals surface area contributed by atoms with Crippen LogP contribution < -0.4 is 4.74 Å². The SMILES string of the molecule is CCc1cc(C(C)(C)C)cc(CC)c1-c1cnn(-c2cccc(Oc3ccc4c5ccccc5n(-c5cc(C)ccn5)c4c3)c2)c1. The molecule has 0 unspecified atom stereocenters. The number of aromatic nitrogens is 4. The Labute approximate surface area is 271 Å². The van der Waals surface area contributed by atoms with E-state index in [4.69, 9.17) is 14.8 Å². The molecule has 0 bridgehead atoms. The van der Waals surface area contributed by atoms with E-state index in [0.717, 1.165) is 57.8 Å². The normalized spacial score (nSPS) is 11.9. The van der Waals surface area contributed by atoms with Gasteiger partial charge in [0.2, 0.25) is 0 Å². The summed E-state index contributed by atoms with van der Waals surface area (Å²) in [5.41, 5.74) is 11.0. The van der Waals surface area contributed by atoms with Crippen LogP contribution in [0.2, 0.25) is 0 Å². The molecule has 0 atom stereocenters. The van der Waals surface area contributed by atoms with Crippen molar-refractivity contribution < 1.29 is 4.74 Å². The molecule has 0 spiro atoms. The van der Waals surface area contributed by atoms with E-state index in [-0.39, 0.29) is 5.41 Å². The van der Waals surface area contributed by atoms with Gasteiger partial charge >= 0.3 is 0 Å². The van der Waals surface area contributed by atoms with Gasteiger partial charge < -0.3 is 4.74 Å². The lowest BCUT2D eigenvalue weighted by Crippen LogP contribution is -2.13. The van der Waals surface area contributed by atoms with Gasteiger partial charge in [0.1, 0.15) is 17.3 Å². The second kappa shape index (κ2) is 11.6. The van der Waals surface area contributed by atoms with E-state index < -0.39 is 0 Å². The molecule has 0 N–H and O–H groups in total. The maximum atomic E-state index is 6.49. The first kappa shape index (κ1) is 29.5. The van der Waals surface area contributed by atoms with E-state index in [9.17, 15) is 0 Å². The van der Waals surface area contributed by atoms with Gasteiger partial charge in [-0.15, -0.1) is 0 Å². The molecule has 3 aromatic heterocycles. The molecule has 5 heteroatoms. The lowest BCUT2D eigenvalue weighted by Gasteiger charge is -2.23. The first-order valence-electron chi connectivity index (χ1n) is 16.2. The molecule has 0 aliphatic carbocycles. The molecule has 0 radical (unpaired) electrons. The molecule has 0 aliphatic rings. The molecule has 46 heavy (non-hydrogen) atoms. The highest BCUT2D eigenvalue weighted by atomic mass is 16.5. The number of para-hydroxylation sites is 1. The minimum Gasteiger partial charge on any atom is -0.457 e. The quantitative estimate of drug-likeness (QED) is 0.182. The van der Waals surface area contributed by atoms with Gasteiger partial charge in [0, 0.05) is 40.9 Å². The average molecular weight is 605 g/mol. The second-order valence-electron chi connectivity index (χ2n) is 13.1. The largest absolute Gasteiger partial charge is 0.457 e. The van der Waals surface area contributed by atoms with Crippen molar-refractivity contribution in [2.24, 2.45) is 0 Å². The standard InChI is InChI=1S/C41H40N4O/c1-7-28-21-31(41(4,5)6)22-29(8-2)40(28)30-25-43-44(26-30)32-12-11-13-33(23-32)46-34-16-17-36-35-14-9-10-15-37(35)45(38(36)24-34)39-20-27(3)18-19-42-39/h9-26H,7-8H2,1-6H3. The number of rotatable bonds is 7. The minimum absolute atomic E-state index is 0.107. The van der Waals surface area contributed by atoms with E-state index in [1.165, 1.54) is 33.2 Å². The topological polar surface area (TPSA) is 44.9 Å². The molecule has 7 rings (SSSR count). The number of fused-ring (bicyclic) bond motifs is 3. The lowest BCUT2D eigenvalue weighted by atomic mass is 9.81. The molecule has 0 amide bonds. The van der Waals surface area contributed by atoms with Crippen molar-refractivity contribution in [1.82, 2.24) is 19.3 Å². The Morgan fingerprint density at radius 2 is 1.48 bits per heavy atom. The van der Waals surface area contributed by atoms with Crippen LogP contribution in [0, 0.1) is 6.92 Å². The molecular formula is C41H40N4O. The van der Waals surface area contributed by atoms with Crippen LogP contribution in [0.5, 0.6) is 11.5 Å². The summed E-state index contributed by atoms with van der Waals surface area (Å²) in [5.74, 6) is 2.41. The lowest BCUT2D eigenvalue weighted by molar-refractivity contribution is 0.483. The minimum atomic E-state index is 0.107. The zero-order valence-electron chi connectivity index (χ0n) is 27.5. The summed E-state index contributed by atoms with van der Waals surface area (Å²) in [4.78, 5) is 4.71. The van der Waals surface area contributed by atoms with Crippen molar-refractivity contribution in [3.8, 4) is 34.1 Å². The zero-order chi connectivity index (χ0) is 32.0. The highest BCUT2D eigenvalue weighted by Crippen LogP contribution is 2.37. The first-order valence-corrected chi connectivity index (χ1v) is 16.2. The van der Waals surface area contributed by atoms with Gasteiger partial charge in [-0.3, -0.25) is 4.57 Å². The fourth-order valence-electron chi connectivity index (χ4n) is 6.45. The molecule has 0 aliphatic heterocycles. The number of hydrogen-bond acceptors (Lipinski definition) is 3. The van der Waals surface area contributed by atoms with Crippen molar-refractivity contribution in [3.63, 3.8) is 0 Å². The van der Waals surface area contributed by atoms with Crippen molar-refractivity contribution in [2.75, 3.05) is 0 Å². The maximum absolute atomic E-state index is 6.49. The number of aryl methyl sites for hydroxylation is 3. The third kappa shape index (κ3) is 5.36. The molecule has 4 aromatic carbocycles. The number of hydrogen-bond donors (Lipinski definition) is 0. The van der Waals surface area contributed by atoms with Crippen molar-refractivity contribution in [2.45, 2.75) is 59.8 Å². The second-order valence-corrected chi connectivity index (χ2v) is 13.1. The van der Waals surface area contributed by atoms with E-state index >= 15 is 0 Å². The molecule has 3 heterocycles. The van der Waals surface area contributed by atoms with Crippen LogP contribution in [-0.2, 0) is 18.3 Å². The van der Waals surface area contributed by atoms with Gasteiger partial charge in [0.05, 0.1) is 22.9 Å². The Balaban J connectivity index is 1.23. The summed E-state index contributed by atoms with van der Waals surface area (Å²) in [6.45, 7) is 13.4. The van der Waals surface area contributed by atoms with Crippen molar-refractivity contribution >= 4 is 21.8 Å². The van der Waals surface area contributed by atoms with E-state index in [2.05, 4.69) is 113 Å². The summed E-state index contributed by atoms with van der Waals surface area (Å²) in [7, 11) is 0. The third-order valence-corrected chi connectivity index (χ3v) is 8.89. The fraction of sp³-hybridized carbons (Fsp3) is 0.220. The van der Waals surface area contributed by atoms with E-state index in [1.54, 1.807) is 0 Å². The van der Waals surface area contributed by atoms with Crippen LogP contribution in [0.3, 0.4) is 0 Å². The number of ether oxygens (including phenoxy) is 1.